The molecule has 1 spiro atoms. The fourth-order valence-corrected chi connectivity index (χ4v) is 4.54. The molecule has 1 aromatic carbocycles. The number of carbonyl (C=O) groups is 2. The summed E-state index contributed by atoms with van der Waals surface area (Å²) >= 11 is 6.05. The molecule has 0 N–H and O–H groups in total. The first-order valence-corrected chi connectivity index (χ1v) is 8.80. The van der Waals surface area contributed by atoms with Gasteiger partial charge >= 0.3 is 0 Å². The number of amides is 2. The smallest absolute Gasteiger partial charge is 0.237 e. The van der Waals surface area contributed by atoms with E-state index >= 15 is 0 Å². The lowest BCUT2D eigenvalue weighted by atomic mass is 9.85. The molecule has 0 radical (unpaired) electrons. The van der Waals surface area contributed by atoms with E-state index in [9.17, 15) is 9.59 Å². The highest BCUT2D eigenvalue weighted by Crippen LogP contribution is 2.46. The average molecular weight is 333 g/mol. The van der Waals surface area contributed by atoms with Crippen molar-refractivity contribution in [1.82, 2.24) is 9.80 Å². The van der Waals surface area contributed by atoms with Crippen molar-refractivity contribution in [3.8, 4) is 0 Å². The molecule has 4 nitrogen and oxygen atoms in total. The monoisotopic (exact) mass is 332 g/mol. The van der Waals surface area contributed by atoms with Crippen LogP contribution in [0.15, 0.2) is 18.2 Å². The van der Waals surface area contributed by atoms with E-state index in [2.05, 4.69) is 11.0 Å². The number of fused-ring (bicyclic) bond motifs is 1. The summed E-state index contributed by atoms with van der Waals surface area (Å²) in [5.41, 5.74) is 2.16. The van der Waals surface area contributed by atoms with E-state index in [0.717, 1.165) is 50.2 Å². The number of halogens is 1. The van der Waals surface area contributed by atoms with Crippen LogP contribution in [0.25, 0.3) is 0 Å². The molecule has 0 atom stereocenters. The number of nitrogens with zero attached hydrogens (tertiary/aromatic N) is 2. The highest BCUT2D eigenvalue weighted by atomic mass is 35.5. The Kier molecular flexibility index (Phi) is 3.69. The van der Waals surface area contributed by atoms with Gasteiger partial charge in [0.05, 0.1) is 12.1 Å². The van der Waals surface area contributed by atoms with Crippen LogP contribution in [0.1, 0.15) is 43.2 Å². The molecule has 2 amide bonds. The molecule has 0 bridgehead atoms. The third-order valence-corrected chi connectivity index (χ3v) is 5.89. The van der Waals surface area contributed by atoms with Crippen LogP contribution in [0.2, 0.25) is 5.02 Å². The number of imide groups is 1. The zero-order chi connectivity index (χ0) is 16.0. The predicted molar refractivity (Wildman–Crippen MR) is 87.8 cm³/mol. The lowest BCUT2D eigenvalue weighted by Crippen LogP contribution is -2.44. The van der Waals surface area contributed by atoms with Gasteiger partial charge in [0.1, 0.15) is 0 Å². The van der Waals surface area contributed by atoms with Crippen molar-refractivity contribution < 1.29 is 9.59 Å². The fraction of sp³-hybridized carbons (Fsp3) is 0.556. The van der Waals surface area contributed by atoms with Gasteiger partial charge in [0.15, 0.2) is 0 Å². The molecule has 2 fully saturated rings. The molecule has 0 aromatic heterocycles. The first kappa shape index (κ1) is 15.2. The van der Waals surface area contributed by atoms with Gasteiger partial charge in [-0.2, -0.15) is 0 Å². The Morgan fingerprint density at radius 2 is 1.91 bits per heavy atom. The van der Waals surface area contributed by atoms with Crippen molar-refractivity contribution >= 4 is 23.4 Å². The van der Waals surface area contributed by atoms with Crippen LogP contribution in [0.4, 0.5) is 0 Å². The van der Waals surface area contributed by atoms with E-state index in [1.54, 1.807) is 0 Å². The summed E-state index contributed by atoms with van der Waals surface area (Å²) in [6.07, 6.45) is 5.25. The van der Waals surface area contributed by atoms with E-state index in [4.69, 9.17) is 11.6 Å². The van der Waals surface area contributed by atoms with Gasteiger partial charge in [-0.05, 0) is 42.5 Å². The molecular formula is C18H21ClN2O2. The molecule has 5 heteroatoms. The zero-order valence-electron chi connectivity index (χ0n) is 13.2. The van der Waals surface area contributed by atoms with Gasteiger partial charge in [0.25, 0.3) is 0 Å². The molecule has 4 rings (SSSR count). The van der Waals surface area contributed by atoms with Crippen molar-refractivity contribution in [3.63, 3.8) is 0 Å². The standard InChI is InChI=1S/C18H21ClN2O2/c19-15-4-3-14-11-20(8-5-13(14)9-15)12-21-16(22)10-18(17(21)23)6-1-2-7-18/h3-4,9H,1-2,5-8,10-12H2. The van der Waals surface area contributed by atoms with Crippen LogP contribution in [-0.2, 0) is 22.6 Å². The second-order valence-electron chi connectivity index (χ2n) is 7.15. The van der Waals surface area contributed by atoms with Crippen molar-refractivity contribution in [2.45, 2.75) is 45.1 Å². The van der Waals surface area contributed by atoms with Crippen molar-refractivity contribution in [2.24, 2.45) is 5.41 Å². The van der Waals surface area contributed by atoms with Crippen LogP contribution in [-0.4, -0.2) is 34.8 Å². The van der Waals surface area contributed by atoms with Gasteiger partial charge in [-0.1, -0.05) is 30.5 Å². The number of rotatable bonds is 2. The third-order valence-electron chi connectivity index (χ3n) is 5.65. The minimum Gasteiger partial charge on any atom is -0.281 e. The second-order valence-corrected chi connectivity index (χ2v) is 7.58. The van der Waals surface area contributed by atoms with Crippen LogP contribution in [0, 0.1) is 5.41 Å². The third kappa shape index (κ3) is 2.58. The Bertz CT molecular complexity index is 667. The summed E-state index contributed by atoms with van der Waals surface area (Å²) in [6, 6.07) is 5.98. The highest BCUT2D eigenvalue weighted by molar-refractivity contribution is 6.30. The second kappa shape index (κ2) is 5.60. The summed E-state index contributed by atoms with van der Waals surface area (Å²) in [5.74, 6) is 0.0840. The van der Waals surface area contributed by atoms with Gasteiger partial charge < -0.3 is 0 Å². The topological polar surface area (TPSA) is 40.6 Å². The summed E-state index contributed by atoms with van der Waals surface area (Å²) in [4.78, 5) is 28.8. The SMILES string of the molecule is O=C1CC2(CCCC2)C(=O)N1CN1CCc2cc(Cl)ccc2C1. The number of hydrogen-bond acceptors (Lipinski definition) is 3. The van der Waals surface area contributed by atoms with E-state index in [1.807, 2.05) is 12.1 Å². The van der Waals surface area contributed by atoms with Crippen LogP contribution >= 0.6 is 11.6 Å². The van der Waals surface area contributed by atoms with Gasteiger partial charge in [0, 0.05) is 24.5 Å². The minimum atomic E-state index is -0.363. The normalized spacial score (nSPS) is 23.8. The van der Waals surface area contributed by atoms with Crippen molar-refractivity contribution in [2.75, 3.05) is 13.2 Å². The Morgan fingerprint density at radius 1 is 1.13 bits per heavy atom. The zero-order valence-corrected chi connectivity index (χ0v) is 13.9. The highest BCUT2D eigenvalue weighted by Gasteiger charge is 2.52. The predicted octanol–water partition coefficient (Wildman–Crippen LogP) is 2.97. The number of benzene rings is 1. The molecule has 3 aliphatic rings. The molecule has 1 aromatic rings. The maximum absolute atomic E-state index is 12.8. The van der Waals surface area contributed by atoms with E-state index in [0.29, 0.717) is 13.1 Å². The summed E-state index contributed by atoms with van der Waals surface area (Å²) in [7, 11) is 0. The lowest BCUT2D eigenvalue weighted by Gasteiger charge is -2.32. The molecule has 1 aliphatic carbocycles. The van der Waals surface area contributed by atoms with Gasteiger partial charge in [-0.3, -0.25) is 19.4 Å². The Hall–Kier alpha value is -1.39. The number of likely N-dealkylation sites (tertiary alicyclic amines) is 1. The molecule has 122 valence electrons. The quantitative estimate of drug-likeness (QED) is 0.782. The van der Waals surface area contributed by atoms with E-state index in [1.165, 1.54) is 16.0 Å². The number of carbonyl (C=O) groups excluding carboxylic acids is 2. The summed E-state index contributed by atoms with van der Waals surface area (Å²) in [6.45, 7) is 2.06. The van der Waals surface area contributed by atoms with Crippen LogP contribution in [0.5, 0.6) is 0 Å². The van der Waals surface area contributed by atoms with Crippen molar-refractivity contribution in [1.29, 1.82) is 0 Å². The molecule has 0 unspecified atom stereocenters. The molecule has 1 saturated carbocycles. The summed E-state index contributed by atoms with van der Waals surface area (Å²) < 4.78 is 0. The summed E-state index contributed by atoms with van der Waals surface area (Å²) in [5, 5.41) is 0.769. The molecule has 23 heavy (non-hydrogen) atoms. The lowest BCUT2D eigenvalue weighted by molar-refractivity contribution is -0.144. The molecule has 2 heterocycles. The minimum absolute atomic E-state index is 0.0128. The average Bonchev–Trinajstić information content (AvgIpc) is 3.09. The first-order chi connectivity index (χ1) is 11.1. The maximum atomic E-state index is 12.8. The van der Waals surface area contributed by atoms with Crippen LogP contribution in [0.3, 0.4) is 0 Å². The van der Waals surface area contributed by atoms with Crippen molar-refractivity contribution in [3.05, 3.63) is 34.3 Å². The van der Waals surface area contributed by atoms with Gasteiger partial charge in [-0.25, -0.2) is 0 Å². The largest absolute Gasteiger partial charge is 0.281 e. The maximum Gasteiger partial charge on any atom is 0.237 e. The van der Waals surface area contributed by atoms with E-state index < -0.39 is 0 Å². The van der Waals surface area contributed by atoms with Crippen LogP contribution < -0.4 is 0 Å². The molecular weight excluding hydrogens is 312 g/mol. The molecule has 2 aliphatic heterocycles. The molecule has 1 saturated heterocycles. The Labute approximate surface area is 141 Å². The Balaban J connectivity index is 1.48. The van der Waals surface area contributed by atoms with Gasteiger partial charge in [-0.15, -0.1) is 0 Å². The fourth-order valence-electron chi connectivity index (χ4n) is 4.35. The first-order valence-electron chi connectivity index (χ1n) is 8.42. The van der Waals surface area contributed by atoms with Gasteiger partial charge in [0.2, 0.25) is 11.8 Å². The van der Waals surface area contributed by atoms with E-state index in [-0.39, 0.29) is 17.2 Å². The Morgan fingerprint density at radius 3 is 2.70 bits per heavy atom. The number of hydrogen-bond donors (Lipinski definition) is 0.